The van der Waals surface area contributed by atoms with E-state index in [0.717, 1.165) is 72.9 Å². The summed E-state index contributed by atoms with van der Waals surface area (Å²) >= 11 is 0. The summed E-state index contributed by atoms with van der Waals surface area (Å²) < 4.78 is 12.5. The molecule has 0 aliphatic heterocycles. The van der Waals surface area contributed by atoms with Crippen molar-refractivity contribution >= 4 is 55.7 Å². The predicted octanol–water partition coefficient (Wildman–Crippen LogP) is 12.1. The van der Waals surface area contributed by atoms with Crippen LogP contribution in [0.15, 0.2) is 154 Å². The van der Waals surface area contributed by atoms with Crippen molar-refractivity contribution in [2.45, 2.75) is 26.7 Å². The first-order valence-corrected chi connectivity index (χ1v) is 18.1. The van der Waals surface area contributed by atoms with Crippen LogP contribution in [-0.2, 0) is 6.42 Å². The second-order valence-electron chi connectivity index (χ2n) is 14.2. The van der Waals surface area contributed by atoms with Gasteiger partial charge >= 0.3 is 0 Å². The van der Waals surface area contributed by atoms with Gasteiger partial charge in [0.25, 0.3) is 0 Å². The van der Waals surface area contributed by atoms with E-state index in [1.165, 1.54) is 16.7 Å². The molecule has 53 heavy (non-hydrogen) atoms. The van der Waals surface area contributed by atoms with Crippen LogP contribution in [0.5, 0.6) is 0 Å². The lowest BCUT2D eigenvalue weighted by atomic mass is 9.68. The zero-order valence-electron chi connectivity index (χ0n) is 29.5. The van der Waals surface area contributed by atoms with Gasteiger partial charge in [0.05, 0.1) is 0 Å². The Bertz CT molecular complexity index is 2870. The molecule has 0 saturated heterocycles. The summed E-state index contributed by atoms with van der Waals surface area (Å²) in [4.78, 5) is 15.7. The van der Waals surface area contributed by atoms with E-state index in [9.17, 15) is 0 Å². The van der Waals surface area contributed by atoms with Gasteiger partial charge in [0, 0.05) is 43.8 Å². The third-order valence-electron chi connectivity index (χ3n) is 10.7. The van der Waals surface area contributed by atoms with Crippen LogP contribution in [-0.4, -0.2) is 15.0 Å². The summed E-state index contributed by atoms with van der Waals surface area (Å²) in [7, 11) is 0. The van der Waals surface area contributed by atoms with Gasteiger partial charge in [0.15, 0.2) is 17.5 Å². The summed E-state index contributed by atoms with van der Waals surface area (Å²) in [5.74, 6) is 2.70. The molecular formula is C48H35N3O2. The van der Waals surface area contributed by atoms with Gasteiger partial charge in [-0.25, -0.2) is 15.0 Å². The number of benzene rings is 5. The molecule has 10 rings (SSSR count). The standard InChI is InChI=1S/C48H35N3O2/c1-30-44(37-17-9-11-19-42(37)52-30)38(22-20-31-21-23-43-39(28-31)36-16-8-10-18-41(36)53-43)47-50-45(33-13-4-3-5-14-33)49-46(51-47)34-25-27-48(2)26-24-32-12-6-7-15-35(32)40(48)29-34/h3-19,21-26,28-29H,20,27H2,1-2H3/b38-22+. The summed E-state index contributed by atoms with van der Waals surface area (Å²) in [6.45, 7) is 4.33. The lowest BCUT2D eigenvalue weighted by Gasteiger charge is -2.35. The minimum Gasteiger partial charge on any atom is -0.461 e. The Morgan fingerprint density at radius 2 is 1.43 bits per heavy atom. The van der Waals surface area contributed by atoms with Gasteiger partial charge in [-0.05, 0) is 72.4 Å². The zero-order chi connectivity index (χ0) is 35.5. The number of nitrogens with zero attached hydrogens (tertiary/aromatic N) is 3. The molecule has 0 N–H and O–H groups in total. The molecule has 0 bridgehead atoms. The van der Waals surface area contributed by atoms with Crippen molar-refractivity contribution in [3.05, 3.63) is 185 Å². The van der Waals surface area contributed by atoms with E-state index < -0.39 is 0 Å². The monoisotopic (exact) mass is 685 g/mol. The summed E-state index contributed by atoms with van der Waals surface area (Å²) in [5, 5.41) is 3.24. The van der Waals surface area contributed by atoms with Gasteiger partial charge in [-0.15, -0.1) is 0 Å². The average Bonchev–Trinajstić information content (AvgIpc) is 3.74. The number of allylic oxidation sites excluding steroid dienone is 6. The van der Waals surface area contributed by atoms with Crippen molar-refractivity contribution in [2.24, 2.45) is 5.41 Å². The Balaban J connectivity index is 1.16. The maximum absolute atomic E-state index is 6.36. The van der Waals surface area contributed by atoms with Crippen LogP contribution in [0.3, 0.4) is 0 Å². The summed E-state index contributed by atoms with van der Waals surface area (Å²) in [5.41, 5.74) is 11.3. The van der Waals surface area contributed by atoms with Crippen LogP contribution in [0.4, 0.5) is 0 Å². The number of aromatic nitrogens is 3. The second-order valence-corrected chi connectivity index (χ2v) is 14.2. The van der Waals surface area contributed by atoms with E-state index >= 15 is 0 Å². The van der Waals surface area contributed by atoms with Crippen LogP contribution in [0.1, 0.15) is 53.0 Å². The number of para-hydroxylation sites is 2. The largest absolute Gasteiger partial charge is 0.461 e. The second kappa shape index (κ2) is 12.3. The normalized spacial score (nSPS) is 16.8. The molecule has 5 heteroatoms. The van der Waals surface area contributed by atoms with E-state index in [2.05, 4.69) is 116 Å². The van der Waals surface area contributed by atoms with Gasteiger partial charge in [-0.3, -0.25) is 0 Å². The minimum atomic E-state index is -0.102. The molecule has 8 aromatic rings. The molecule has 3 aromatic heterocycles. The first kappa shape index (κ1) is 31.2. The van der Waals surface area contributed by atoms with Crippen LogP contribution < -0.4 is 0 Å². The van der Waals surface area contributed by atoms with Crippen LogP contribution in [0.25, 0.3) is 67.1 Å². The maximum Gasteiger partial charge on any atom is 0.164 e. The van der Waals surface area contributed by atoms with Gasteiger partial charge in [-0.1, -0.05) is 128 Å². The Kier molecular flexibility index (Phi) is 7.22. The predicted molar refractivity (Wildman–Crippen MR) is 215 cm³/mol. The molecular weight excluding hydrogens is 651 g/mol. The summed E-state index contributed by atoms with van der Waals surface area (Å²) in [6.07, 6.45) is 12.9. The highest BCUT2D eigenvalue weighted by atomic mass is 16.3. The Morgan fingerprint density at radius 3 is 2.30 bits per heavy atom. The zero-order valence-corrected chi connectivity index (χ0v) is 29.5. The molecule has 5 aromatic carbocycles. The fraction of sp³-hybridized carbons (Fsp3) is 0.104. The highest BCUT2D eigenvalue weighted by molar-refractivity contribution is 6.05. The van der Waals surface area contributed by atoms with Gasteiger partial charge in [0.1, 0.15) is 22.5 Å². The molecule has 3 heterocycles. The molecule has 2 aliphatic carbocycles. The van der Waals surface area contributed by atoms with Crippen LogP contribution >= 0.6 is 0 Å². The molecule has 0 amide bonds. The fourth-order valence-corrected chi connectivity index (χ4v) is 7.94. The SMILES string of the molecule is Cc1oc2ccccc2c1/C(=C\Cc1ccc2oc3ccccc3c2c1)c1nc(C2=CCC3(C)C=Cc4ccccc4C3=C2)nc(-c2ccccc2)n1. The molecule has 0 fully saturated rings. The molecule has 0 saturated carbocycles. The molecule has 0 radical (unpaired) electrons. The molecule has 0 spiro atoms. The third-order valence-corrected chi connectivity index (χ3v) is 10.7. The lowest BCUT2D eigenvalue weighted by molar-refractivity contribution is 0.577. The van der Waals surface area contributed by atoms with Crippen molar-refractivity contribution in [2.75, 3.05) is 0 Å². The first-order chi connectivity index (χ1) is 26.0. The Morgan fingerprint density at radius 1 is 0.717 bits per heavy atom. The maximum atomic E-state index is 6.36. The molecule has 5 nitrogen and oxygen atoms in total. The number of rotatable bonds is 6. The highest BCUT2D eigenvalue weighted by Gasteiger charge is 2.33. The summed E-state index contributed by atoms with van der Waals surface area (Å²) in [6, 6.07) is 41.6. The molecule has 1 atom stereocenters. The number of fused-ring (bicyclic) bond motifs is 7. The Labute approximate surface area is 307 Å². The van der Waals surface area contributed by atoms with E-state index in [-0.39, 0.29) is 5.41 Å². The highest BCUT2D eigenvalue weighted by Crippen LogP contribution is 2.49. The third kappa shape index (κ3) is 5.36. The number of hydrogen-bond acceptors (Lipinski definition) is 5. The van der Waals surface area contributed by atoms with Gasteiger partial charge in [-0.2, -0.15) is 0 Å². The van der Waals surface area contributed by atoms with Gasteiger partial charge in [0.2, 0.25) is 0 Å². The smallest absolute Gasteiger partial charge is 0.164 e. The molecule has 1 unspecified atom stereocenters. The van der Waals surface area contributed by atoms with Crippen molar-refractivity contribution in [1.29, 1.82) is 0 Å². The van der Waals surface area contributed by atoms with Crippen molar-refractivity contribution in [3.8, 4) is 11.4 Å². The van der Waals surface area contributed by atoms with Crippen molar-refractivity contribution in [3.63, 3.8) is 0 Å². The number of aryl methyl sites for hydroxylation is 1. The van der Waals surface area contributed by atoms with Crippen molar-refractivity contribution in [1.82, 2.24) is 15.0 Å². The quantitative estimate of drug-likeness (QED) is 0.174. The minimum absolute atomic E-state index is 0.102. The number of furan rings is 2. The van der Waals surface area contributed by atoms with E-state index in [1.807, 2.05) is 49.4 Å². The van der Waals surface area contributed by atoms with Crippen LogP contribution in [0.2, 0.25) is 0 Å². The molecule has 254 valence electrons. The fourth-order valence-electron chi connectivity index (χ4n) is 7.94. The Hall–Kier alpha value is -6.59. The first-order valence-electron chi connectivity index (χ1n) is 18.1. The van der Waals surface area contributed by atoms with E-state index in [1.54, 1.807) is 0 Å². The van der Waals surface area contributed by atoms with Crippen LogP contribution in [0, 0.1) is 12.3 Å². The lowest BCUT2D eigenvalue weighted by Crippen LogP contribution is -2.21. The molecule has 2 aliphatic rings. The average molecular weight is 686 g/mol. The van der Waals surface area contributed by atoms with Gasteiger partial charge < -0.3 is 8.83 Å². The topological polar surface area (TPSA) is 65.0 Å². The number of hydrogen-bond donors (Lipinski definition) is 0. The van der Waals surface area contributed by atoms with Crippen molar-refractivity contribution < 1.29 is 8.83 Å². The van der Waals surface area contributed by atoms with E-state index in [4.69, 9.17) is 23.8 Å². The van der Waals surface area contributed by atoms with E-state index in [0.29, 0.717) is 23.9 Å².